The highest BCUT2D eigenvalue weighted by Crippen LogP contribution is 2.37. The van der Waals surface area contributed by atoms with Gasteiger partial charge in [-0.15, -0.1) is 0 Å². The summed E-state index contributed by atoms with van der Waals surface area (Å²) < 4.78 is 0.307. The van der Waals surface area contributed by atoms with Crippen LogP contribution in [0.2, 0.25) is 0 Å². The fraction of sp³-hybridized carbons (Fsp3) is 0.500. The van der Waals surface area contributed by atoms with E-state index in [1.165, 1.54) is 29.5 Å². The predicted molar refractivity (Wildman–Crippen MR) is 110 cm³/mol. The normalized spacial score (nSPS) is 20.8. The Morgan fingerprint density at radius 3 is 2.96 bits per heavy atom. The topological polar surface area (TPSA) is 49.3 Å². The highest BCUT2D eigenvalue weighted by molar-refractivity contribution is 8.00. The largest absolute Gasteiger partial charge is 0.357 e. The van der Waals surface area contributed by atoms with E-state index in [1.54, 1.807) is 0 Å². The Kier molecular flexibility index (Phi) is 6.19. The number of para-hydroxylation sites is 1. The zero-order valence-electron chi connectivity index (χ0n) is 15.2. The number of fused-ring (bicyclic) bond motifs is 1. The minimum atomic E-state index is 0.307. The van der Waals surface area contributed by atoms with Gasteiger partial charge >= 0.3 is 0 Å². The third-order valence-corrected chi connectivity index (χ3v) is 6.14. The zero-order chi connectivity index (χ0) is 17.5. The summed E-state index contributed by atoms with van der Waals surface area (Å²) >= 11 is 2.06. The first kappa shape index (κ1) is 18.1. The van der Waals surface area contributed by atoms with Crippen LogP contribution in [0.3, 0.4) is 0 Å². The lowest BCUT2D eigenvalue weighted by atomic mass is 10.1. The van der Waals surface area contributed by atoms with Crippen LogP contribution in [-0.2, 0) is 6.42 Å². The molecule has 1 aromatic heterocycles. The van der Waals surface area contributed by atoms with E-state index in [1.807, 2.05) is 12.3 Å². The Morgan fingerprint density at radius 1 is 1.28 bits per heavy atom. The summed E-state index contributed by atoms with van der Waals surface area (Å²) in [5.74, 6) is 2.19. The third-order valence-electron chi connectivity index (χ3n) is 4.62. The molecule has 0 amide bonds. The van der Waals surface area contributed by atoms with E-state index in [9.17, 15) is 0 Å². The van der Waals surface area contributed by atoms with Gasteiger partial charge in [0.25, 0.3) is 0 Å². The van der Waals surface area contributed by atoms with Crippen LogP contribution in [0.15, 0.2) is 41.5 Å². The van der Waals surface area contributed by atoms with Gasteiger partial charge in [-0.05, 0) is 50.5 Å². The van der Waals surface area contributed by atoms with Crippen LogP contribution in [0.4, 0.5) is 0 Å². The van der Waals surface area contributed by atoms with Crippen LogP contribution in [0, 0.1) is 0 Å². The molecule has 2 aromatic rings. The smallest absolute Gasteiger partial charge is 0.191 e. The number of pyridine rings is 1. The van der Waals surface area contributed by atoms with E-state index >= 15 is 0 Å². The first-order chi connectivity index (χ1) is 12.2. The van der Waals surface area contributed by atoms with Crippen molar-refractivity contribution in [1.29, 1.82) is 0 Å². The van der Waals surface area contributed by atoms with Crippen LogP contribution in [-0.4, -0.2) is 41.1 Å². The Morgan fingerprint density at radius 2 is 2.16 bits per heavy atom. The quantitative estimate of drug-likeness (QED) is 0.613. The lowest BCUT2D eigenvalue weighted by Gasteiger charge is -2.21. The Bertz CT molecular complexity index is 717. The monoisotopic (exact) mass is 356 g/mol. The van der Waals surface area contributed by atoms with Crippen molar-refractivity contribution in [2.24, 2.45) is 4.99 Å². The molecule has 0 bridgehead atoms. The van der Waals surface area contributed by atoms with E-state index in [2.05, 4.69) is 65.5 Å². The molecular formula is C20H28N4S. The molecule has 0 aliphatic carbocycles. The number of nitrogens with zero attached hydrogens (tertiary/aromatic N) is 2. The molecule has 0 saturated carbocycles. The van der Waals surface area contributed by atoms with Crippen molar-refractivity contribution < 1.29 is 0 Å². The summed E-state index contributed by atoms with van der Waals surface area (Å²) in [7, 11) is 0. The molecule has 1 atom stereocenters. The van der Waals surface area contributed by atoms with Crippen molar-refractivity contribution in [2.75, 3.05) is 25.4 Å². The molecule has 1 saturated heterocycles. The standard InChI is InChI=1S/C20H28N4S/c1-3-21-19(24-15-20(2)11-6-14-25-20)23-13-10-17-8-4-7-16-9-5-12-22-18(16)17/h4-5,7-9,12H,3,6,10-11,13-15H2,1-2H3,(H2,21,23,24). The van der Waals surface area contributed by atoms with Crippen LogP contribution in [0.1, 0.15) is 32.3 Å². The average molecular weight is 357 g/mol. The summed E-state index contributed by atoms with van der Waals surface area (Å²) in [4.78, 5) is 9.36. The molecule has 1 unspecified atom stereocenters. The minimum absolute atomic E-state index is 0.307. The van der Waals surface area contributed by atoms with Crippen molar-refractivity contribution in [3.8, 4) is 0 Å². The summed E-state index contributed by atoms with van der Waals surface area (Å²) in [5, 5.41) is 8.04. The number of thioether (sulfide) groups is 1. The summed E-state index contributed by atoms with van der Waals surface area (Å²) in [6.45, 7) is 7.05. The van der Waals surface area contributed by atoms with Gasteiger partial charge in [-0.25, -0.2) is 0 Å². The number of benzene rings is 1. The fourth-order valence-electron chi connectivity index (χ4n) is 3.23. The van der Waals surface area contributed by atoms with Gasteiger partial charge in [-0.1, -0.05) is 24.3 Å². The van der Waals surface area contributed by atoms with E-state index in [-0.39, 0.29) is 0 Å². The Balaban J connectivity index is 1.59. The molecule has 1 aliphatic heterocycles. The number of guanidine groups is 1. The van der Waals surface area contributed by atoms with Crippen molar-refractivity contribution in [3.05, 3.63) is 42.1 Å². The number of aromatic nitrogens is 1. The van der Waals surface area contributed by atoms with Crippen LogP contribution < -0.4 is 10.6 Å². The molecule has 25 heavy (non-hydrogen) atoms. The zero-order valence-corrected chi connectivity index (χ0v) is 16.0. The van der Waals surface area contributed by atoms with Gasteiger partial charge in [0.2, 0.25) is 0 Å². The van der Waals surface area contributed by atoms with E-state index in [0.717, 1.165) is 37.5 Å². The van der Waals surface area contributed by atoms with E-state index in [0.29, 0.717) is 4.75 Å². The Hall–Kier alpha value is -1.75. The van der Waals surface area contributed by atoms with Gasteiger partial charge in [-0.2, -0.15) is 11.8 Å². The second kappa shape index (κ2) is 8.56. The van der Waals surface area contributed by atoms with Crippen molar-refractivity contribution >= 4 is 28.6 Å². The van der Waals surface area contributed by atoms with Gasteiger partial charge in [0.05, 0.1) is 12.1 Å². The number of nitrogens with one attached hydrogen (secondary N) is 2. The molecule has 2 N–H and O–H groups in total. The first-order valence-electron chi connectivity index (χ1n) is 9.19. The number of hydrogen-bond donors (Lipinski definition) is 2. The van der Waals surface area contributed by atoms with Gasteiger partial charge in [0, 0.05) is 29.4 Å². The molecule has 5 heteroatoms. The molecule has 1 aliphatic rings. The summed E-state index contributed by atoms with van der Waals surface area (Å²) in [6, 6.07) is 10.5. The lowest BCUT2D eigenvalue weighted by Crippen LogP contribution is -2.39. The van der Waals surface area contributed by atoms with Crippen LogP contribution in [0.25, 0.3) is 10.9 Å². The second-order valence-electron chi connectivity index (χ2n) is 6.77. The number of rotatable bonds is 6. The van der Waals surface area contributed by atoms with Gasteiger partial charge in [-0.3, -0.25) is 9.98 Å². The SMILES string of the molecule is CCNC(=NCC1(C)CCCS1)NCCc1cccc2cccnc12. The molecule has 1 aromatic carbocycles. The average Bonchev–Trinajstić information content (AvgIpc) is 3.07. The summed E-state index contributed by atoms with van der Waals surface area (Å²) in [5.41, 5.74) is 2.38. The highest BCUT2D eigenvalue weighted by atomic mass is 32.2. The maximum atomic E-state index is 4.82. The Labute approximate surface area is 154 Å². The fourth-order valence-corrected chi connectivity index (χ4v) is 4.46. The van der Waals surface area contributed by atoms with Crippen molar-refractivity contribution in [3.63, 3.8) is 0 Å². The maximum absolute atomic E-state index is 4.82. The molecular weight excluding hydrogens is 328 g/mol. The van der Waals surface area contributed by atoms with Crippen molar-refractivity contribution in [2.45, 2.75) is 37.9 Å². The van der Waals surface area contributed by atoms with E-state index in [4.69, 9.17) is 4.99 Å². The van der Waals surface area contributed by atoms with Crippen molar-refractivity contribution in [1.82, 2.24) is 15.6 Å². The molecule has 1 fully saturated rings. The third kappa shape index (κ3) is 4.88. The highest BCUT2D eigenvalue weighted by Gasteiger charge is 2.29. The lowest BCUT2D eigenvalue weighted by molar-refractivity contribution is 0.614. The second-order valence-corrected chi connectivity index (χ2v) is 8.45. The molecule has 3 rings (SSSR count). The predicted octanol–water partition coefficient (Wildman–Crippen LogP) is 3.62. The molecule has 134 valence electrons. The van der Waals surface area contributed by atoms with Gasteiger partial charge in [0.1, 0.15) is 0 Å². The van der Waals surface area contributed by atoms with Crippen LogP contribution >= 0.6 is 11.8 Å². The van der Waals surface area contributed by atoms with Gasteiger partial charge in [0.15, 0.2) is 5.96 Å². The van der Waals surface area contributed by atoms with E-state index < -0.39 is 0 Å². The minimum Gasteiger partial charge on any atom is -0.357 e. The molecule has 2 heterocycles. The molecule has 4 nitrogen and oxygen atoms in total. The summed E-state index contributed by atoms with van der Waals surface area (Å²) in [6.07, 6.45) is 5.38. The first-order valence-corrected chi connectivity index (χ1v) is 10.2. The molecule has 0 spiro atoms. The number of hydrogen-bond acceptors (Lipinski definition) is 3. The maximum Gasteiger partial charge on any atom is 0.191 e. The number of aliphatic imine (C=N–C) groups is 1. The molecule has 0 radical (unpaired) electrons. The van der Waals surface area contributed by atoms with Crippen LogP contribution in [0.5, 0.6) is 0 Å². The van der Waals surface area contributed by atoms with Gasteiger partial charge < -0.3 is 10.6 Å².